The fourth-order valence-corrected chi connectivity index (χ4v) is 2.69. The fourth-order valence-electron chi connectivity index (χ4n) is 2.69. The molecule has 1 aromatic rings. The zero-order valence-corrected chi connectivity index (χ0v) is 10.6. The molecule has 2 atom stereocenters. The largest absolute Gasteiger partial charge is 0.465 e. The van der Waals surface area contributed by atoms with Crippen molar-refractivity contribution in [3.05, 3.63) is 35.9 Å². The van der Waals surface area contributed by atoms with Crippen molar-refractivity contribution < 1.29 is 24.2 Å². The monoisotopic (exact) mass is 275 g/mol. The van der Waals surface area contributed by atoms with E-state index in [9.17, 15) is 14.4 Å². The number of amides is 2. The van der Waals surface area contributed by atoms with Gasteiger partial charge in [-0.3, -0.25) is 4.79 Å². The number of carboxylic acid groups (broad SMARTS) is 1. The van der Waals surface area contributed by atoms with Crippen molar-refractivity contribution in [2.45, 2.75) is 6.42 Å². The third-order valence-electron chi connectivity index (χ3n) is 3.96. The third-order valence-corrected chi connectivity index (χ3v) is 3.96. The highest BCUT2D eigenvalue weighted by Crippen LogP contribution is 2.58. The van der Waals surface area contributed by atoms with Crippen LogP contribution in [0.2, 0.25) is 0 Å². The summed E-state index contributed by atoms with van der Waals surface area (Å²) in [6, 6.07) is 8.56. The minimum atomic E-state index is -1.24. The number of likely N-dealkylation sites (tertiary alicyclic amines) is 1. The maximum absolute atomic E-state index is 11.8. The van der Waals surface area contributed by atoms with Gasteiger partial charge in [0.25, 0.3) is 0 Å². The molecule has 1 aliphatic heterocycles. The number of hydrogen-bond donors (Lipinski definition) is 1. The molecule has 6 nitrogen and oxygen atoms in total. The molecule has 2 unspecified atom stereocenters. The normalized spacial score (nSPS) is 27.1. The van der Waals surface area contributed by atoms with E-state index in [2.05, 4.69) is 0 Å². The number of carbonyl (C=O) groups is 3. The maximum atomic E-state index is 11.8. The summed E-state index contributed by atoms with van der Waals surface area (Å²) in [4.78, 5) is 35.2. The molecule has 1 aromatic carbocycles. The molecule has 0 radical (unpaired) electrons. The van der Waals surface area contributed by atoms with E-state index >= 15 is 0 Å². The Morgan fingerprint density at radius 1 is 1.35 bits per heavy atom. The Hall–Kier alpha value is -2.37. The molecule has 6 heteroatoms. The topological polar surface area (TPSA) is 83.9 Å². The molecule has 2 aliphatic rings. The number of fused-ring (bicyclic) bond motifs is 1. The highest BCUT2D eigenvalue weighted by Gasteiger charge is 2.67. The number of carbonyl (C=O) groups excluding carboxylic acids is 2. The second-order valence-corrected chi connectivity index (χ2v) is 5.27. The molecule has 104 valence electrons. The van der Waals surface area contributed by atoms with Crippen LogP contribution in [0.15, 0.2) is 30.3 Å². The number of piperidine rings is 1. The Balaban J connectivity index is 1.62. The number of ether oxygens (including phenoxy) is 1. The van der Waals surface area contributed by atoms with Gasteiger partial charge < -0.3 is 9.84 Å². The minimum absolute atomic E-state index is 0.0842. The van der Waals surface area contributed by atoms with E-state index in [1.807, 2.05) is 0 Å². The lowest BCUT2D eigenvalue weighted by Gasteiger charge is -2.16. The Kier molecular flexibility index (Phi) is 2.74. The van der Waals surface area contributed by atoms with Gasteiger partial charge in [0.15, 0.2) is 0 Å². The van der Waals surface area contributed by atoms with Gasteiger partial charge in [-0.15, -0.1) is 0 Å². The second kappa shape index (κ2) is 4.33. The Morgan fingerprint density at radius 2 is 2.05 bits per heavy atom. The summed E-state index contributed by atoms with van der Waals surface area (Å²) in [6.07, 6.45) is -0.645. The molecule has 1 heterocycles. The van der Waals surface area contributed by atoms with E-state index in [4.69, 9.17) is 9.84 Å². The molecule has 2 fully saturated rings. The van der Waals surface area contributed by atoms with Gasteiger partial charge in [-0.2, -0.15) is 0 Å². The van der Waals surface area contributed by atoms with Gasteiger partial charge >= 0.3 is 12.1 Å². The first-order valence-corrected chi connectivity index (χ1v) is 6.30. The summed E-state index contributed by atoms with van der Waals surface area (Å²) in [5.41, 5.74) is -0.0552. The summed E-state index contributed by atoms with van der Waals surface area (Å²) in [7, 11) is 0. The lowest BCUT2D eigenvalue weighted by molar-refractivity contribution is -0.128. The van der Waals surface area contributed by atoms with Crippen LogP contribution in [0.1, 0.15) is 16.8 Å². The predicted molar refractivity (Wildman–Crippen MR) is 67.0 cm³/mol. The average molecular weight is 275 g/mol. The van der Waals surface area contributed by atoms with Gasteiger partial charge in [0.1, 0.15) is 0 Å². The minimum Gasteiger partial charge on any atom is -0.465 e. The second-order valence-electron chi connectivity index (χ2n) is 5.27. The first kappa shape index (κ1) is 12.7. The lowest BCUT2D eigenvalue weighted by atomic mass is 10.1. The van der Waals surface area contributed by atoms with E-state index in [0.717, 1.165) is 4.90 Å². The predicted octanol–water partition coefficient (Wildman–Crippen LogP) is 1.37. The van der Waals surface area contributed by atoms with E-state index in [1.54, 1.807) is 30.3 Å². The van der Waals surface area contributed by atoms with E-state index < -0.39 is 17.5 Å². The van der Waals surface area contributed by atoms with Crippen LogP contribution in [0.5, 0.6) is 0 Å². The molecule has 1 saturated carbocycles. The quantitative estimate of drug-likeness (QED) is 0.842. The lowest BCUT2D eigenvalue weighted by Crippen LogP contribution is -2.35. The number of nitrogens with zero attached hydrogens (tertiary/aromatic N) is 1. The standard InChI is InChI=1S/C14H13NO5/c16-11-10-6-14(10,7-15(11)13(18)19)8-20-12(17)9-4-2-1-3-5-9/h1-5,10H,6-8H2,(H,18,19). The number of hydrogen-bond acceptors (Lipinski definition) is 4. The summed E-state index contributed by atoms with van der Waals surface area (Å²) in [5.74, 6) is -1.15. The first-order valence-electron chi connectivity index (χ1n) is 6.30. The molecule has 1 N–H and O–H groups in total. The molecule has 0 spiro atoms. The van der Waals surface area contributed by atoms with E-state index in [1.165, 1.54) is 0 Å². The molecular formula is C14H13NO5. The molecule has 2 amide bonds. The highest BCUT2D eigenvalue weighted by atomic mass is 16.5. The van der Waals surface area contributed by atoms with Crippen LogP contribution < -0.4 is 0 Å². The number of esters is 1. The van der Waals surface area contributed by atoms with Crippen molar-refractivity contribution >= 4 is 18.0 Å². The van der Waals surface area contributed by atoms with Crippen LogP contribution in [0.25, 0.3) is 0 Å². The van der Waals surface area contributed by atoms with Crippen molar-refractivity contribution in [1.82, 2.24) is 4.90 Å². The summed E-state index contributed by atoms with van der Waals surface area (Å²) in [6.45, 7) is 0.203. The van der Waals surface area contributed by atoms with Gasteiger partial charge in [-0.25, -0.2) is 14.5 Å². The maximum Gasteiger partial charge on any atom is 0.414 e. The van der Waals surface area contributed by atoms with Crippen LogP contribution in [0, 0.1) is 11.3 Å². The first-order chi connectivity index (χ1) is 9.53. The van der Waals surface area contributed by atoms with E-state index in [-0.39, 0.29) is 25.0 Å². The smallest absolute Gasteiger partial charge is 0.414 e. The molecule has 3 rings (SSSR count). The average Bonchev–Trinajstić information content (AvgIpc) is 3.10. The van der Waals surface area contributed by atoms with Crippen molar-refractivity contribution in [2.75, 3.05) is 13.2 Å². The van der Waals surface area contributed by atoms with Crippen LogP contribution in [-0.4, -0.2) is 41.1 Å². The van der Waals surface area contributed by atoms with Crippen LogP contribution in [0.4, 0.5) is 4.79 Å². The molecule has 1 aliphatic carbocycles. The number of benzene rings is 1. The molecule has 20 heavy (non-hydrogen) atoms. The Morgan fingerprint density at radius 3 is 2.65 bits per heavy atom. The zero-order valence-electron chi connectivity index (χ0n) is 10.6. The van der Waals surface area contributed by atoms with Crippen molar-refractivity contribution in [3.63, 3.8) is 0 Å². The van der Waals surface area contributed by atoms with E-state index in [0.29, 0.717) is 12.0 Å². The SMILES string of the molecule is O=C(OCC12CC1C(=O)N(C(=O)O)C2)c1ccccc1. The fraction of sp³-hybridized carbons (Fsp3) is 0.357. The molecule has 1 saturated heterocycles. The third kappa shape index (κ3) is 1.93. The summed E-state index contributed by atoms with van der Waals surface area (Å²) < 4.78 is 5.22. The van der Waals surface area contributed by atoms with Gasteiger partial charge in [0.2, 0.25) is 5.91 Å². The van der Waals surface area contributed by atoms with Crippen molar-refractivity contribution in [2.24, 2.45) is 11.3 Å². The Bertz CT molecular complexity index is 584. The summed E-state index contributed by atoms with van der Waals surface area (Å²) >= 11 is 0. The molecule has 0 bridgehead atoms. The van der Waals surface area contributed by atoms with Crippen molar-refractivity contribution in [3.8, 4) is 0 Å². The van der Waals surface area contributed by atoms with Gasteiger partial charge in [-0.1, -0.05) is 18.2 Å². The van der Waals surface area contributed by atoms with Gasteiger partial charge in [-0.05, 0) is 18.6 Å². The van der Waals surface area contributed by atoms with Gasteiger partial charge in [0.05, 0.1) is 18.1 Å². The van der Waals surface area contributed by atoms with Crippen molar-refractivity contribution in [1.29, 1.82) is 0 Å². The number of imide groups is 1. The highest BCUT2D eigenvalue weighted by molar-refractivity contribution is 5.97. The zero-order chi connectivity index (χ0) is 14.3. The van der Waals surface area contributed by atoms with Crippen LogP contribution in [-0.2, 0) is 9.53 Å². The summed E-state index contributed by atoms with van der Waals surface area (Å²) in [5, 5.41) is 8.89. The van der Waals surface area contributed by atoms with Crippen LogP contribution >= 0.6 is 0 Å². The molecule has 0 aromatic heterocycles. The van der Waals surface area contributed by atoms with Crippen LogP contribution in [0.3, 0.4) is 0 Å². The Labute approximate surface area is 114 Å². The number of rotatable bonds is 3. The molecular weight excluding hydrogens is 262 g/mol. The van der Waals surface area contributed by atoms with Gasteiger partial charge in [0, 0.05) is 12.0 Å².